The van der Waals surface area contributed by atoms with Gasteiger partial charge in [0, 0.05) is 12.0 Å². The monoisotopic (exact) mass is 392 g/mol. The van der Waals surface area contributed by atoms with Crippen LogP contribution in [0.1, 0.15) is 36.6 Å². The van der Waals surface area contributed by atoms with E-state index in [-0.39, 0.29) is 17.5 Å². The summed E-state index contributed by atoms with van der Waals surface area (Å²) in [4.78, 5) is 2.07. The average Bonchev–Trinajstić information content (AvgIpc) is 3.33. The van der Waals surface area contributed by atoms with Gasteiger partial charge < -0.3 is 0 Å². The summed E-state index contributed by atoms with van der Waals surface area (Å²) in [7, 11) is -0.934. The molecule has 0 radical (unpaired) electrons. The van der Waals surface area contributed by atoms with E-state index < -0.39 is 9.84 Å². The van der Waals surface area contributed by atoms with E-state index >= 15 is 0 Å². The maximum atomic E-state index is 11.8. The van der Waals surface area contributed by atoms with Gasteiger partial charge in [0.1, 0.15) is 5.82 Å². The molecule has 1 aromatic carbocycles. The van der Waals surface area contributed by atoms with Crippen LogP contribution >= 0.6 is 12.2 Å². The molecule has 0 amide bonds. The molecule has 1 saturated heterocycles. The Balaban J connectivity index is 1.57. The third-order valence-electron chi connectivity index (χ3n) is 5.27. The lowest BCUT2D eigenvalue weighted by atomic mass is 10.2. The second-order valence-electron chi connectivity index (χ2n) is 7.44. The summed E-state index contributed by atoms with van der Waals surface area (Å²) in [5.74, 6) is 2.07. The molecule has 2 aromatic rings. The Labute approximate surface area is 159 Å². The van der Waals surface area contributed by atoms with Gasteiger partial charge in [-0.3, -0.25) is 9.47 Å². The molecule has 0 bridgehead atoms. The molecule has 140 valence electrons. The zero-order valence-corrected chi connectivity index (χ0v) is 16.5. The summed E-state index contributed by atoms with van der Waals surface area (Å²) in [6.45, 7) is 1.26. The average molecular weight is 393 g/mol. The first kappa shape index (κ1) is 17.9. The number of benzene rings is 1. The Bertz CT molecular complexity index is 945. The molecule has 1 aromatic heterocycles. The molecular weight excluding hydrogens is 368 g/mol. The molecule has 1 saturated carbocycles. The smallest absolute Gasteiger partial charge is 0.199 e. The van der Waals surface area contributed by atoms with Crippen LogP contribution in [-0.2, 0) is 23.1 Å². The van der Waals surface area contributed by atoms with Crippen molar-refractivity contribution in [2.24, 2.45) is 0 Å². The molecular formula is C18H24N4O2S2. The third-order valence-corrected chi connectivity index (χ3v) is 7.45. The van der Waals surface area contributed by atoms with Crippen molar-refractivity contribution in [3.05, 3.63) is 46.5 Å². The SMILES string of the molecule is CN(Cn1nc(C2CC2)n(Cc2ccccc2)c1=S)C1CCS(=O)(=O)C1. The van der Waals surface area contributed by atoms with E-state index in [1.54, 1.807) is 0 Å². The first-order valence-electron chi connectivity index (χ1n) is 9.05. The van der Waals surface area contributed by atoms with Gasteiger partial charge in [0.05, 0.1) is 24.7 Å². The van der Waals surface area contributed by atoms with Gasteiger partial charge in [0.2, 0.25) is 0 Å². The van der Waals surface area contributed by atoms with Crippen molar-refractivity contribution in [1.29, 1.82) is 0 Å². The van der Waals surface area contributed by atoms with Crippen molar-refractivity contribution < 1.29 is 8.42 Å². The van der Waals surface area contributed by atoms with E-state index in [1.165, 1.54) is 5.56 Å². The largest absolute Gasteiger partial charge is 0.299 e. The first-order chi connectivity index (χ1) is 12.4. The Morgan fingerprint density at radius 2 is 1.96 bits per heavy atom. The number of hydrogen-bond donors (Lipinski definition) is 0. The van der Waals surface area contributed by atoms with Gasteiger partial charge in [-0.25, -0.2) is 13.1 Å². The fraction of sp³-hybridized carbons (Fsp3) is 0.556. The third kappa shape index (κ3) is 3.77. The van der Waals surface area contributed by atoms with Crippen LogP contribution in [0.25, 0.3) is 0 Å². The quantitative estimate of drug-likeness (QED) is 0.707. The maximum absolute atomic E-state index is 11.8. The minimum atomic E-state index is -2.89. The molecule has 2 fully saturated rings. The summed E-state index contributed by atoms with van der Waals surface area (Å²) in [6, 6.07) is 10.3. The Morgan fingerprint density at radius 1 is 1.23 bits per heavy atom. The molecule has 1 aliphatic carbocycles. The van der Waals surface area contributed by atoms with Crippen LogP contribution in [0.4, 0.5) is 0 Å². The molecule has 4 rings (SSSR count). The van der Waals surface area contributed by atoms with Crippen LogP contribution in [0.5, 0.6) is 0 Å². The van der Waals surface area contributed by atoms with Crippen molar-refractivity contribution in [3.63, 3.8) is 0 Å². The zero-order valence-electron chi connectivity index (χ0n) is 14.9. The van der Waals surface area contributed by atoms with E-state index in [0.717, 1.165) is 25.2 Å². The minimum absolute atomic E-state index is 0.0468. The predicted molar refractivity (Wildman–Crippen MR) is 103 cm³/mol. The normalized spacial score (nSPS) is 22.2. The number of nitrogens with zero attached hydrogens (tertiary/aromatic N) is 4. The number of hydrogen-bond acceptors (Lipinski definition) is 5. The first-order valence-corrected chi connectivity index (χ1v) is 11.3. The maximum Gasteiger partial charge on any atom is 0.199 e. The van der Waals surface area contributed by atoms with Crippen molar-refractivity contribution in [2.75, 3.05) is 18.6 Å². The van der Waals surface area contributed by atoms with Crippen LogP contribution in [-0.4, -0.2) is 52.3 Å². The highest BCUT2D eigenvalue weighted by atomic mass is 32.2. The van der Waals surface area contributed by atoms with Crippen LogP contribution < -0.4 is 0 Å². The summed E-state index contributed by atoms with van der Waals surface area (Å²) >= 11 is 5.72. The van der Waals surface area contributed by atoms with Gasteiger partial charge in [-0.1, -0.05) is 30.3 Å². The molecule has 0 spiro atoms. The fourth-order valence-electron chi connectivity index (χ4n) is 3.56. The van der Waals surface area contributed by atoms with Crippen LogP contribution in [0.3, 0.4) is 0 Å². The van der Waals surface area contributed by atoms with Gasteiger partial charge in [-0.2, -0.15) is 5.10 Å². The number of aromatic nitrogens is 3. The van der Waals surface area contributed by atoms with Crippen LogP contribution in [0, 0.1) is 4.77 Å². The Morgan fingerprint density at radius 3 is 2.58 bits per heavy atom. The molecule has 6 nitrogen and oxygen atoms in total. The van der Waals surface area contributed by atoms with Gasteiger partial charge in [0.15, 0.2) is 14.6 Å². The number of rotatable bonds is 6. The second-order valence-corrected chi connectivity index (χ2v) is 10.0. The molecule has 1 aliphatic heterocycles. The summed E-state index contributed by atoms with van der Waals surface area (Å²) < 4.78 is 28.2. The Hall–Kier alpha value is -1.51. The lowest BCUT2D eigenvalue weighted by Gasteiger charge is -2.22. The van der Waals surface area contributed by atoms with Crippen molar-refractivity contribution >= 4 is 22.1 Å². The topological polar surface area (TPSA) is 60.1 Å². The van der Waals surface area contributed by atoms with E-state index in [0.29, 0.717) is 23.8 Å². The molecule has 26 heavy (non-hydrogen) atoms. The number of sulfone groups is 1. The molecule has 0 N–H and O–H groups in total. The molecule has 2 heterocycles. The van der Waals surface area contributed by atoms with E-state index in [4.69, 9.17) is 17.3 Å². The Kier molecular flexibility index (Phi) is 4.75. The van der Waals surface area contributed by atoms with E-state index in [9.17, 15) is 8.42 Å². The zero-order chi connectivity index (χ0) is 18.3. The highest BCUT2D eigenvalue weighted by Gasteiger charge is 2.33. The standard InChI is InChI=1S/C18H24N4O2S2/c1-20(16-9-10-26(23,24)12-16)13-22-18(25)21(17(19-22)15-7-8-15)11-14-5-3-2-4-6-14/h2-6,15-16H,7-13H2,1H3. The fourth-order valence-corrected chi connectivity index (χ4v) is 5.62. The van der Waals surface area contributed by atoms with Gasteiger partial charge in [-0.05, 0) is 44.1 Å². The molecule has 1 atom stereocenters. The second kappa shape index (κ2) is 6.90. The van der Waals surface area contributed by atoms with Crippen molar-refractivity contribution in [3.8, 4) is 0 Å². The highest BCUT2D eigenvalue weighted by Crippen LogP contribution is 2.39. The minimum Gasteiger partial charge on any atom is -0.299 e. The van der Waals surface area contributed by atoms with Gasteiger partial charge in [0.25, 0.3) is 0 Å². The lowest BCUT2D eigenvalue weighted by molar-refractivity contribution is 0.196. The van der Waals surface area contributed by atoms with Crippen molar-refractivity contribution in [2.45, 2.75) is 44.4 Å². The van der Waals surface area contributed by atoms with Gasteiger partial charge in [-0.15, -0.1) is 0 Å². The lowest BCUT2D eigenvalue weighted by Crippen LogP contribution is -2.34. The summed E-state index contributed by atoms with van der Waals surface area (Å²) in [5.41, 5.74) is 1.21. The van der Waals surface area contributed by atoms with Gasteiger partial charge >= 0.3 is 0 Å². The molecule has 8 heteroatoms. The summed E-state index contributed by atoms with van der Waals surface area (Å²) in [6.07, 6.45) is 3.01. The highest BCUT2D eigenvalue weighted by molar-refractivity contribution is 7.91. The van der Waals surface area contributed by atoms with E-state index in [1.807, 2.05) is 29.9 Å². The van der Waals surface area contributed by atoms with Crippen LogP contribution in [0.2, 0.25) is 0 Å². The summed E-state index contributed by atoms with van der Waals surface area (Å²) in [5, 5.41) is 4.80. The molecule has 1 unspecified atom stereocenters. The van der Waals surface area contributed by atoms with E-state index in [2.05, 4.69) is 21.6 Å². The molecule has 2 aliphatic rings. The van der Waals surface area contributed by atoms with Crippen molar-refractivity contribution in [1.82, 2.24) is 19.2 Å². The van der Waals surface area contributed by atoms with Crippen LogP contribution in [0.15, 0.2) is 30.3 Å². The predicted octanol–water partition coefficient (Wildman–Crippen LogP) is 2.42.